The zero-order chi connectivity index (χ0) is 34.9. The minimum absolute atomic E-state index is 0.0412. The number of pyridine rings is 1. The fraction of sp³-hybridized carbons (Fsp3) is 0.395. The highest BCUT2D eigenvalue weighted by Crippen LogP contribution is 2.29. The first-order chi connectivity index (χ1) is 24.2. The van der Waals surface area contributed by atoms with Crippen LogP contribution in [0.4, 0.5) is 4.39 Å². The Kier molecular flexibility index (Phi) is 9.48. The van der Waals surface area contributed by atoms with Crippen molar-refractivity contribution in [1.82, 2.24) is 39.4 Å². The Bertz CT molecular complexity index is 2120. The lowest BCUT2D eigenvalue weighted by molar-refractivity contribution is 0.0921. The molecule has 7 rings (SSSR count). The molecule has 12 heteroatoms. The Balaban J connectivity index is 1.14. The molecule has 11 nitrogen and oxygen atoms in total. The molecule has 0 unspecified atom stereocenters. The van der Waals surface area contributed by atoms with Gasteiger partial charge in [0.2, 0.25) is 0 Å². The van der Waals surface area contributed by atoms with Crippen molar-refractivity contribution in [2.45, 2.75) is 71.1 Å². The van der Waals surface area contributed by atoms with Crippen LogP contribution in [-0.4, -0.2) is 78.3 Å². The number of hydrogen-bond donors (Lipinski definition) is 2. The monoisotopic (exact) mass is 678 g/mol. The number of fused-ring (bicyclic) bond motifs is 1. The molecule has 1 saturated carbocycles. The van der Waals surface area contributed by atoms with Crippen molar-refractivity contribution in [2.24, 2.45) is 0 Å². The first kappa shape index (κ1) is 33.6. The second kappa shape index (κ2) is 14.1. The molecule has 4 heterocycles. The zero-order valence-corrected chi connectivity index (χ0v) is 28.7. The first-order valence-corrected chi connectivity index (χ1v) is 17.5. The number of hydrogen-bond acceptors (Lipinski definition) is 7. The van der Waals surface area contributed by atoms with Crippen LogP contribution in [-0.2, 0) is 6.54 Å². The van der Waals surface area contributed by atoms with Crippen molar-refractivity contribution in [3.05, 3.63) is 110 Å². The number of nitrogens with one attached hydrogen (secondary N) is 2. The lowest BCUT2D eigenvalue weighted by atomic mass is 9.90. The molecular weight excluding hydrogens is 635 g/mol. The molecule has 260 valence electrons. The summed E-state index contributed by atoms with van der Waals surface area (Å²) < 4.78 is 17.2. The fourth-order valence-corrected chi connectivity index (χ4v) is 7.39. The molecule has 2 fully saturated rings. The molecule has 1 aliphatic heterocycles. The molecule has 2 aliphatic rings. The number of carbonyl (C=O) groups excluding carboxylic acids is 1. The van der Waals surface area contributed by atoms with E-state index < -0.39 is 23.1 Å². The van der Waals surface area contributed by atoms with Gasteiger partial charge in [-0.05, 0) is 81.3 Å². The SMILES string of the molecule is Cc1n[nH]cc1C(=O)N[C@H]1CC[C@@H](n2c(=O)c3cc(F)cnc3n(-c3cccc(-c4ccc(CN5CCN(C(C)C)CC5)cc4)c3)c2=O)CC1. The second-order valence-corrected chi connectivity index (χ2v) is 13.8. The van der Waals surface area contributed by atoms with Gasteiger partial charge in [0.15, 0.2) is 5.65 Å². The number of rotatable bonds is 8. The maximum atomic E-state index is 14.5. The number of benzene rings is 2. The minimum atomic E-state index is -0.650. The van der Waals surface area contributed by atoms with Gasteiger partial charge in [0.1, 0.15) is 5.82 Å². The van der Waals surface area contributed by atoms with Crippen LogP contribution in [0.1, 0.15) is 67.2 Å². The van der Waals surface area contributed by atoms with E-state index in [1.165, 1.54) is 14.7 Å². The highest BCUT2D eigenvalue weighted by molar-refractivity contribution is 5.95. The Morgan fingerprint density at radius 1 is 0.980 bits per heavy atom. The summed E-state index contributed by atoms with van der Waals surface area (Å²) in [4.78, 5) is 50.1. The van der Waals surface area contributed by atoms with Crippen LogP contribution in [0.2, 0.25) is 0 Å². The number of aryl methyl sites for hydroxylation is 1. The molecule has 2 aromatic carbocycles. The summed E-state index contributed by atoms with van der Waals surface area (Å²) in [6.07, 6.45) is 4.76. The maximum absolute atomic E-state index is 14.5. The normalized spacial score (nSPS) is 18.9. The lowest BCUT2D eigenvalue weighted by Crippen LogP contribution is -2.48. The van der Waals surface area contributed by atoms with Gasteiger partial charge < -0.3 is 5.32 Å². The van der Waals surface area contributed by atoms with Crippen molar-refractivity contribution < 1.29 is 9.18 Å². The standard InChI is InChI=1S/C38H43FN8O3/c1-24(2)45-17-15-44(16-18-45)23-26-7-9-27(10-8-26)28-5-4-6-32(19-28)46-35-33(20-29(39)21-40-35)37(49)47(38(46)50)31-13-11-30(12-14-31)42-36(48)34-22-41-43-25(34)3/h4-10,19-22,24,30-31H,11-18,23H2,1-3H3,(H,41,43)(H,42,48)/t30-,31+. The summed E-state index contributed by atoms with van der Waals surface area (Å²) >= 11 is 0. The maximum Gasteiger partial charge on any atom is 0.337 e. The highest BCUT2D eigenvalue weighted by Gasteiger charge is 2.29. The Morgan fingerprint density at radius 2 is 1.72 bits per heavy atom. The van der Waals surface area contributed by atoms with E-state index in [9.17, 15) is 18.8 Å². The number of amides is 1. The minimum Gasteiger partial charge on any atom is -0.349 e. The molecule has 3 aromatic heterocycles. The number of carbonyl (C=O) groups is 1. The molecule has 1 saturated heterocycles. The van der Waals surface area contributed by atoms with Gasteiger partial charge >= 0.3 is 5.69 Å². The van der Waals surface area contributed by atoms with E-state index in [1.807, 2.05) is 18.2 Å². The van der Waals surface area contributed by atoms with E-state index in [1.54, 1.807) is 19.2 Å². The van der Waals surface area contributed by atoms with Crippen molar-refractivity contribution in [3.8, 4) is 16.8 Å². The van der Waals surface area contributed by atoms with Gasteiger partial charge in [0.05, 0.1) is 28.5 Å². The van der Waals surface area contributed by atoms with Crippen LogP contribution in [0.5, 0.6) is 0 Å². The topological polar surface area (TPSA) is 121 Å². The molecule has 0 atom stereocenters. The number of piperazine rings is 1. The molecule has 2 N–H and O–H groups in total. The van der Waals surface area contributed by atoms with Crippen LogP contribution in [0.15, 0.2) is 76.6 Å². The smallest absolute Gasteiger partial charge is 0.337 e. The molecule has 5 aromatic rings. The number of aromatic nitrogens is 5. The van der Waals surface area contributed by atoms with Crippen molar-refractivity contribution >= 4 is 16.9 Å². The molecule has 1 aliphatic carbocycles. The van der Waals surface area contributed by atoms with E-state index in [4.69, 9.17) is 0 Å². The Hall–Kier alpha value is -4.94. The summed E-state index contributed by atoms with van der Waals surface area (Å²) in [5, 5.41) is 9.82. The van der Waals surface area contributed by atoms with E-state index in [2.05, 4.69) is 68.4 Å². The van der Waals surface area contributed by atoms with Crippen LogP contribution < -0.4 is 16.6 Å². The van der Waals surface area contributed by atoms with Crippen LogP contribution >= 0.6 is 0 Å². The number of halogens is 1. The van der Waals surface area contributed by atoms with Crippen molar-refractivity contribution in [2.75, 3.05) is 26.2 Å². The van der Waals surface area contributed by atoms with Gasteiger partial charge in [-0.3, -0.25) is 29.1 Å². The summed E-state index contributed by atoms with van der Waals surface area (Å²) in [7, 11) is 0. The molecule has 1 amide bonds. The third-order valence-corrected chi connectivity index (χ3v) is 10.3. The quantitative estimate of drug-likeness (QED) is 0.241. The molecule has 0 spiro atoms. The summed E-state index contributed by atoms with van der Waals surface area (Å²) in [6.45, 7) is 11.4. The van der Waals surface area contributed by atoms with Gasteiger partial charge in [0.25, 0.3) is 11.5 Å². The van der Waals surface area contributed by atoms with Crippen LogP contribution in [0.25, 0.3) is 27.8 Å². The summed E-state index contributed by atoms with van der Waals surface area (Å²) in [5.74, 6) is -0.857. The average molecular weight is 679 g/mol. The molecule has 0 radical (unpaired) electrons. The summed E-state index contributed by atoms with van der Waals surface area (Å²) in [6, 6.07) is 17.3. The predicted molar refractivity (Wildman–Crippen MR) is 191 cm³/mol. The number of aromatic amines is 1. The van der Waals surface area contributed by atoms with E-state index in [-0.39, 0.29) is 23.0 Å². The third-order valence-electron chi connectivity index (χ3n) is 10.3. The molecule has 50 heavy (non-hydrogen) atoms. The second-order valence-electron chi connectivity index (χ2n) is 13.8. The Morgan fingerprint density at radius 3 is 2.40 bits per heavy atom. The Labute approximate surface area is 289 Å². The van der Waals surface area contributed by atoms with Gasteiger partial charge in [-0.2, -0.15) is 5.10 Å². The van der Waals surface area contributed by atoms with Crippen molar-refractivity contribution in [3.63, 3.8) is 0 Å². The molecular formula is C38H43FN8O3. The zero-order valence-electron chi connectivity index (χ0n) is 28.7. The van der Waals surface area contributed by atoms with E-state index in [0.717, 1.165) is 56.1 Å². The van der Waals surface area contributed by atoms with Gasteiger partial charge in [-0.1, -0.05) is 36.4 Å². The first-order valence-electron chi connectivity index (χ1n) is 17.5. The van der Waals surface area contributed by atoms with E-state index in [0.29, 0.717) is 48.7 Å². The van der Waals surface area contributed by atoms with Crippen molar-refractivity contribution in [1.29, 1.82) is 0 Å². The van der Waals surface area contributed by atoms with Gasteiger partial charge in [-0.25, -0.2) is 18.7 Å². The van der Waals surface area contributed by atoms with Gasteiger partial charge in [-0.15, -0.1) is 0 Å². The fourth-order valence-electron chi connectivity index (χ4n) is 7.39. The van der Waals surface area contributed by atoms with Gasteiger partial charge in [0, 0.05) is 57.0 Å². The number of nitrogens with zero attached hydrogens (tertiary/aromatic N) is 6. The molecule has 0 bridgehead atoms. The van der Waals surface area contributed by atoms with E-state index >= 15 is 0 Å². The largest absolute Gasteiger partial charge is 0.349 e. The third kappa shape index (κ3) is 6.77. The predicted octanol–water partition coefficient (Wildman–Crippen LogP) is 4.82. The van der Waals surface area contributed by atoms with Crippen LogP contribution in [0.3, 0.4) is 0 Å². The lowest BCUT2D eigenvalue weighted by Gasteiger charge is -2.36. The number of H-pyrrole nitrogens is 1. The highest BCUT2D eigenvalue weighted by atomic mass is 19.1. The summed E-state index contributed by atoms with van der Waals surface area (Å²) in [5.41, 5.74) is 3.82. The van der Waals surface area contributed by atoms with Crippen LogP contribution in [0, 0.1) is 12.7 Å². The average Bonchev–Trinajstić information content (AvgIpc) is 3.56.